The van der Waals surface area contributed by atoms with Crippen LogP contribution in [0.4, 0.5) is 0 Å². The van der Waals surface area contributed by atoms with Gasteiger partial charge in [-0.25, -0.2) is 4.68 Å². The number of rotatable bonds is 6. The minimum absolute atomic E-state index is 0.0930. The summed E-state index contributed by atoms with van der Waals surface area (Å²) in [5.74, 6) is 1.50. The van der Waals surface area contributed by atoms with Crippen molar-refractivity contribution in [3.63, 3.8) is 0 Å². The molecule has 1 aliphatic rings. The van der Waals surface area contributed by atoms with E-state index in [1.165, 1.54) is 12.8 Å². The Kier molecular flexibility index (Phi) is 6.40. The molecule has 5 rings (SSSR count). The van der Waals surface area contributed by atoms with Crippen LogP contribution in [0.3, 0.4) is 0 Å². The number of benzene rings is 2. The second kappa shape index (κ2) is 9.77. The van der Waals surface area contributed by atoms with Gasteiger partial charge in [-0.05, 0) is 84.6 Å². The number of H-pyrrole nitrogens is 1. The number of aromatic nitrogens is 5. The summed E-state index contributed by atoms with van der Waals surface area (Å²) in [4.78, 5) is 18.8. The van der Waals surface area contributed by atoms with Crippen molar-refractivity contribution in [2.45, 2.75) is 45.2 Å². The van der Waals surface area contributed by atoms with Crippen LogP contribution in [0.25, 0.3) is 10.9 Å². The minimum atomic E-state index is -0.319. The lowest BCUT2D eigenvalue weighted by molar-refractivity contribution is 0.220. The van der Waals surface area contributed by atoms with Gasteiger partial charge in [-0.15, -0.1) is 5.10 Å². The molecule has 0 amide bonds. The van der Waals surface area contributed by atoms with Crippen molar-refractivity contribution < 1.29 is 4.74 Å². The van der Waals surface area contributed by atoms with E-state index in [9.17, 15) is 4.79 Å². The van der Waals surface area contributed by atoms with Gasteiger partial charge in [0.05, 0.1) is 13.7 Å². The second-order valence-corrected chi connectivity index (χ2v) is 9.04. The fourth-order valence-corrected chi connectivity index (χ4v) is 4.82. The van der Waals surface area contributed by atoms with Crippen molar-refractivity contribution in [1.82, 2.24) is 30.1 Å². The topological polar surface area (TPSA) is 88.9 Å². The Morgan fingerprint density at radius 3 is 2.53 bits per heavy atom. The van der Waals surface area contributed by atoms with Gasteiger partial charge >= 0.3 is 0 Å². The summed E-state index contributed by atoms with van der Waals surface area (Å²) in [5.41, 5.74) is 3.65. The van der Waals surface area contributed by atoms with Gasteiger partial charge in [-0.2, -0.15) is 0 Å². The lowest BCUT2D eigenvalue weighted by Crippen LogP contribution is -2.36. The zero-order valence-electron chi connectivity index (χ0n) is 19.7. The van der Waals surface area contributed by atoms with Crippen LogP contribution in [0.2, 0.25) is 0 Å². The number of hydrogen-bond donors (Lipinski definition) is 1. The Morgan fingerprint density at radius 1 is 1.03 bits per heavy atom. The minimum Gasteiger partial charge on any atom is -0.497 e. The lowest BCUT2D eigenvalue weighted by Gasteiger charge is -2.29. The number of aryl methyl sites for hydroxylation is 1. The number of tetrazole rings is 1. The number of fused-ring (bicyclic) bond motifs is 1. The highest BCUT2D eigenvalue weighted by molar-refractivity contribution is 5.79. The molecule has 176 valence electrons. The highest BCUT2D eigenvalue weighted by atomic mass is 16.5. The quantitative estimate of drug-likeness (QED) is 0.472. The van der Waals surface area contributed by atoms with Crippen molar-refractivity contribution in [3.8, 4) is 5.75 Å². The monoisotopic (exact) mass is 458 g/mol. The van der Waals surface area contributed by atoms with Crippen LogP contribution in [0.5, 0.6) is 5.75 Å². The third-order valence-electron chi connectivity index (χ3n) is 6.62. The highest BCUT2D eigenvalue weighted by Crippen LogP contribution is 2.29. The summed E-state index contributed by atoms with van der Waals surface area (Å²) >= 11 is 0. The van der Waals surface area contributed by atoms with Crippen LogP contribution in [-0.2, 0) is 6.54 Å². The molecule has 4 aromatic rings. The van der Waals surface area contributed by atoms with Crippen LogP contribution in [0.15, 0.2) is 53.3 Å². The molecule has 0 aliphatic carbocycles. The zero-order chi connectivity index (χ0) is 23.5. The average molecular weight is 459 g/mol. The molecule has 0 saturated carbocycles. The van der Waals surface area contributed by atoms with Gasteiger partial charge in [-0.1, -0.05) is 36.6 Å². The molecular weight excluding hydrogens is 428 g/mol. The SMILES string of the molecule is COc1ccc(Cn2nnnc2[C@@H](c2cc3cc(C)ccc3[nH]c2=O)N2CCCCCC2)cc1. The molecule has 34 heavy (non-hydrogen) atoms. The number of pyridine rings is 1. The van der Waals surface area contributed by atoms with Gasteiger partial charge in [0, 0.05) is 11.1 Å². The number of likely N-dealkylation sites (tertiary alicyclic amines) is 1. The van der Waals surface area contributed by atoms with Gasteiger partial charge in [0.25, 0.3) is 5.56 Å². The molecule has 8 heteroatoms. The molecule has 3 heterocycles. The van der Waals surface area contributed by atoms with Crippen LogP contribution < -0.4 is 10.3 Å². The zero-order valence-corrected chi connectivity index (χ0v) is 19.7. The standard InChI is InChI=1S/C26H30N6O2/c1-18-7-12-23-20(15-18)16-22(26(33)27-23)24(31-13-5-3-4-6-14-31)25-28-29-30-32(25)17-19-8-10-21(34-2)11-9-19/h7-12,15-16,24H,3-6,13-14,17H2,1-2H3,(H,27,33)/t24-/m1/s1. The van der Waals surface area contributed by atoms with Gasteiger partial charge in [0.2, 0.25) is 0 Å². The largest absolute Gasteiger partial charge is 0.497 e. The Labute approximate surface area is 198 Å². The molecule has 8 nitrogen and oxygen atoms in total. The van der Waals surface area contributed by atoms with E-state index in [1.807, 2.05) is 47.1 Å². The first kappa shape index (κ1) is 22.3. The Hall–Kier alpha value is -3.52. The van der Waals surface area contributed by atoms with Crippen LogP contribution in [-0.4, -0.2) is 50.3 Å². The predicted octanol–water partition coefficient (Wildman–Crippen LogP) is 3.85. The molecule has 1 saturated heterocycles. The van der Waals surface area contributed by atoms with Gasteiger partial charge in [-0.3, -0.25) is 9.69 Å². The number of ether oxygens (including phenoxy) is 1. The molecule has 1 fully saturated rings. The summed E-state index contributed by atoms with van der Waals surface area (Å²) in [6.45, 7) is 4.39. The maximum atomic E-state index is 13.3. The molecule has 0 spiro atoms. The van der Waals surface area contributed by atoms with E-state index in [1.54, 1.807) is 7.11 Å². The summed E-state index contributed by atoms with van der Waals surface area (Å²) < 4.78 is 7.10. The summed E-state index contributed by atoms with van der Waals surface area (Å²) in [6, 6.07) is 15.7. The van der Waals surface area contributed by atoms with Gasteiger partial charge in [0.1, 0.15) is 11.8 Å². The van der Waals surface area contributed by atoms with Crippen LogP contribution in [0, 0.1) is 6.92 Å². The molecule has 2 aromatic heterocycles. The third-order valence-corrected chi connectivity index (χ3v) is 6.62. The van der Waals surface area contributed by atoms with E-state index in [2.05, 4.69) is 38.4 Å². The van der Waals surface area contributed by atoms with E-state index in [-0.39, 0.29) is 11.6 Å². The number of aromatic amines is 1. The van der Waals surface area contributed by atoms with Gasteiger partial charge < -0.3 is 9.72 Å². The van der Waals surface area contributed by atoms with Crippen LogP contribution >= 0.6 is 0 Å². The molecule has 0 bridgehead atoms. The van der Waals surface area contributed by atoms with Crippen molar-refractivity contribution in [1.29, 1.82) is 0 Å². The fraction of sp³-hybridized carbons (Fsp3) is 0.385. The summed E-state index contributed by atoms with van der Waals surface area (Å²) in [6.07, 6.45) is 4.60. The average Bonchev–Trinajstić information content (AvgIpc) is 3.12. The molecular formula is C26H30N6O2. The van der Waals surface area contributed by atoms with E-state index in [0.29, 0.717) is 17.9 Å². The van der Waals surface area contributed by atoms with E-state index >= 15 is 0 Å². The van der Waals surface area contributed by atoms with Crippen LogP contribution in [0.1, 0.15) is 54.2 Å². The van der Waals surface area contributed by atoms with Crippen molar-refractivity contribution >= 4 is 10.9 Å². The molecule has 0 radical (unpaired) electrons. The molecule has 2 aromatic carbocycles. The predicted molar refractivity (Wildman–Crippen MR) is 131 cm³/mol. The second-order valence-electron chi connectivity index (χ2n) is 9.04. The Balaban J connectivity index is 1.59. The smallest absolute Gasteiger partial charge is 0.253 e. The molecule has 1 atom stereocenters. The third kappa shape index (κ3) is 4.59. The Bertz CT molecular complexity index is 1320. The normalized spacial score (nSPS) is 15.8. The van der Waals surface area contributed by atoms with E-state index in [4.69, 9.17) is 4.74 Å². The first-order valence-corrected chi connectivity index (χ1v) is 11.9. The summed E-state index contributed by atoms with van der Waals surface area (Å²) in [5, 5.41) is 13.8. The first-order chi connectivity index (χ1) is 16.6. The maximum Gasteiger partial charge on any atom is 0.253 e. The van der Waals surface area contributed by atoms with Gasteiger partial charge in [0.15, 0.2) is 5.82 Å². The van der Waals surface area contributed by atoms with Crippen molar-refractivity contribution in [2.75, 3.05) is 20.2 Å². The molecule has 1 aliphatic heterocycles. The Morgan fingerprint density at radius 2 is 1.79 bits per heavy atom. The maximum absolute atomic E-state index is 13.3. The molecule has 1 N–H and O–H groups in total. The number of methoxy groups -OCH3 is 1. The van der Waals surface area contributed by atoms with E-state index in [0.717, 1.165) is 53.7 Å². The highest BCUT2D eigenvalue weighted by Gasteiger charge is 2.30. The number of nitrogens with zero attached hydrogens (tertiary/aromatic N) is 5. The van der Waals surface area contributed by atoms with Crippen molar-refractivity contribution in [2.24, 2.45) is 0 Å². The number of hydrogen-bond acceptors (Lipinski definition) is 6. The summed E-state index contributed by atoms with van der Waals surface area (Å²) in [7, 11) is 1.66. The molecule has 0 unspecified atom stereocenters. The van der Waals surface area contributed by atoms with E-state index < -0.39 is 0 Å². The fourth-order valence-electron chi connectivity index (χ4n) is 4.82. The first-order valence-electron chi connectivity index (χ1n) is 11.9. The number of nitrogens with one attached hydrogen (secondary N) is 1. The van der Waals surface area contributed by atoms with Crippen molar-refractivity contribution in [3.05, 3.63) is 81.4 Å². The lowest BCUT2D eigenvalue weighted by atomic mass is 10.0.